The second kappa shape index (κ2) is 25.7. The molecule has 54 heavy (non-hydrogen) atoms. The van der Waals surface area contributed by atoms with Gasteiger partial charge >= 0.3 is 3.18 Å². The number of nitrogens with one attached hydrogen (secondary N) is 2. The standard InChI is InChI=1S/C15H21ClN4O3S.C14H19ClN4O3S.CH2Cl2.BBr3/c1-4-11-9-18-20(10-11)15(17-5-2)19-24(21,22)12-6-7-14(23-3)13(16)8-12;1-3-10-8-17-19(9-10)14(16-4-2)18-23(21,22)11-5-6-13(20)12(15)7-11;2-1-3;2-1(3)4/h6-9,11H,4-5,10H2,1-3H3,(H,17,19);5-8,10,20H,3-4,9H2,1-2H3,(H,16,18);1H2;. The summed E-state index contributed by atoms with van der Waals surface area (Å²) in [6, 6.07) is 7.97. The number of hydrazone groups is 2. The van der Waals surface area contributed by atoms with Crippen LogP contribution in [0.4, 0.5) is 0 Å². The number of aromatic hydroxyl groups is 1. The molecule has 2 atom stereocenters. The molecule has 2 aromatic rings. The third-order valence-electron chi connectivity index (χ3n) is 6.92. The minimum absolute atomic E-state index is 0.0346. The highest BCUT2D eigenvalue weighted by Crippen LogP contribution is 2.28. The van der Waals surface area contributed by atoms with Gasteiger partial charge in [-0.3, -0.25) is 9.98 Å². The van der Waals surface area contributed by atoms with Crippen molar-refractivity contribution in [3.05, 3.63) is 46.4 Å². The maximum absolute atomic E-state index is 12.6. The lowest BCUT2D eigenvalue weighted by Gasteiger charge is -2.19. The number of sulfonamides is 2. The van der Waals surface area contributed by atoms with Gasteiger partial charge in [-0.05, 0) is 63.1 Å². The number of ether oxygens (including phenoxy) is 1. The quantitative estimate of drug-likeness (QED) is 0.0982. The first kappa shape index (κ1) is 50.5. The van der Waals surface area contributed by atoms with Gasteiger partial charge in [0.25, 0.3) is 20.0 Å². The fourth-order valence-corrected chi connectivity index (χ4v) is 6.86. The van der Waals surface area contributed by atoms with Crippen LogP contribution in [-0.2, 0) is 20.0 Å². The minimum Gasteiger partial charge on any atom is -0.506 e. The van der Waals surface area contributed by atoms with Crippen LogP contribution in [0.25, 0.3) is 0 Å². The van der Waals surface area contributed by atoms with Crippen LogP contribution in [0.3, 0.4) is 0 Å². The lowest BCUT2D eigenvalue weighted by molar-refractivity contribution is 0.414. The summed E-state index contributed by atoms with van der Waals surface area (Å²) in [5.74, 6) is 1.16. The first-order valence-corrected chi connectivity index (χ1v) is 23.6. The van der Waals surface area contributed by atoms with Gasteiger partial charge in [-0.1, -0.05) is 37.0 Å². The molecule has 0 bridgehead atoms. The molecule has 2 aromatic carbocycles. The molecule has 3 N–H and O–H groups in total. The van der Waals surface area contributed by atoms with Gasteiger partial charge in [0.15, 0.2) is 0 Å². The average Bonchev–Trinajstić information content (AvgIpc) is 3.80. The molecule has 14 nitrogen and oxygen atoms in total. The van der Waals surface area contributed by atoms with E-state index in [1.54, 1.807) is 11.2 Å². The fourth-order valence-electron chi connectivity index (χ4n) is 4.19. The number of nitrogens with zero attached hydrogens (tertiary/aromatic N) is 6. The van der Waals surface area contributed by atoms with E-state index < -0.39 is 20.0 Å². The van der Waals surface area contributed by atoms with Crippen molar-refractivity contribution < 1.29 is 26.7 Å². The number of phenolic OH excluding ortho intramolecular Hbond substituents is 1. The number of benzene rings is 2. The largest absolute Gasteiger partial charge is 0.506 e. The van der Waals surface area contributed by atoms with E-state index in [2.05, 4.69) is 83.8 Å². The van der Waals surface area contributed by atoms with Crippen molar-refractivity contribution in [2.75, 3.05) is 38.6 Å². The second-order valence-electron chi connectivity index (χ2n) is 10.6. The Bertz CT molecular complexity index is 1830. The number of phenols is 1. The van der Waals surface area contributed by atoms with Gasteiger partial charge in [0.1, 0.15) is 11.5 Å². The van der Waals surface area contributed by atoms with Gasteiger partial charge in [-0.25, -0.2) is 36.3 Å². The predicted molar refractivity (Wildman–Crippen MR) is 235 cm³/mol. The lowest BCUT2D eigenvalue weighted by atomic mass is 10.1. The highest BCUT2D eigenvalue weighted by atomic mass is 79.9. The Labute approximate surface area is 363 Å². The first-order chi connectivity index (χ1) is 25.4. The van der Waals surface area contributed by atoms with Gasteiger partial charge in [-0.15, -0.1) is 70.5 Å². The number of methoxy groups -OCH3 is 1. The maximum Gasteiger partial charge on any atom is 0.369 e. The molecule has 0 saturated heterocycles. The summed E-state index contributed by atoms with van der Waals surface area (Å²) in [6.07, 6.45) is 5.45. The molecule has 4 rings (SSSR count). The fraction of sp³-hybridized carbons (Fsp3) is 0.467. The molecule has 2 aliphatic rings. The summed E-state index contributed by atoms with van der Waals surface area (Å²) in [7, 11) is -6.23. The minimum atomic E-state index is -3.87. The number of halogens is 7. The van der Waals surface area contributed by atoms with Crippen molar-refractivity contribution in [3.63, 3.8) is 0 Å². The molecule has 24 heteroatoms. The van der Waals surface area contributed by atoms with Crippen molar-refractivity contribution >= 4 is 141 Å². The third kappa shape index (κ3) is 17.3. The highest BCUT2D eigenvalue weighted by molar-refractivity contribution is 9.69. The third-order valence-corrected chi connectivity index (χ3v) is 10.2. The van der Waals surface area contributed by atoms with E-state index in [4.69, 9.17) is 51.1 Å². The Morgan fingerprint density at radius 2 is 1.22 bits per heavy atom. The normalized spacial score (nSPS) is 16.7. The summed E-state index contributed by atoms with van der Waals surface area (Å²) in [6.45, 7) is 9.76. The number of rotatable bonds is 9. The van der Waals surface area contributed by atoms with Gasteiger partial charge in [-0.2, -0.15) is 10.2 Å². The van der Waals surface area contributed by atoms with Gasteiger partial charge in [0.2, 0.25) is 11.9 Å². The lowest BCUT2D eigenvalue weighted by Crippen LogP contribution is -2.41. The van der Waals surface area contributed by atoms with Crippen LogP contribution in [0.5, 0.6) is 11.5 Å². The maximum atomic E-state index is 12.6. The summed E-state index contributed by atoms with van der Waals surface area (Å²) in [4.78, 5) is 8.38. The SMILES string of the molecule is BrB(Br)Br.CCN=C(NS(=O)(=O)c1ccc(O)c(Cl)c1)N1CC(CC)C=N1.CCN=C(NS(=O)(=O)c1ccc(OC)c(Cl)c1)N1CC(CC)C=N1.ClCCl. The van der Waals surface area contributed by atoms with Crippen LogP contribution in [0, 0.1) is 11.8 Å². The molecule has 0 fully saturated rings. The molecule has 0 aliphatic carbocycles. The summed E-state index contributed by atoms with van der Waals surface area (Å²) in [5, 5.41) is 21.3. The Hall–Kier alpha value is -1.52. The molecule has 0 aromatic heterocycles. The van der Waals surface area contributed by atoms with E-state index >= 15 is 0 Å². The second-order valence-corrected chi connectivity index (χ2v) is 22.0. The zero-order chi connectivity index (χ0) is 41.1. The van der Waals surface area contributed by atoms with Crippen LogP contribution in [0.15, 0.2) is 66.4 Å². The van der Waals surface area contributed by atoms with E-state index in [0.29, 0.717) is 31.9 Å². The van der Waals surface area contributed by atoms with Gasteiger partial charge in [0.05, 0.1) is 45.4 Å². The Balaban J connectivity index is 0.000000461. The molecule has 0 saturated carbocycles. The van der Waals surface area contributed by atoms with Crippen LogP contribution >= 0.6 is 93.7 Å². The summed E-state index contributed by atoms with van der Waals surface area (Å²) < 4.78 is 60.4. The topological polar surface area (TPSA) is 178 Å². The number of alkyl halides is 2. The van der Waals surface area contributed by atoms with E-state index in [1.807, 2.05) is 27.0 Å². The molecule has 0 radical (unpaired) electrons. The molecule has 2 aliphatic heterocycles. The Morgan fingerprint density at radius 3 is 1.54 bits per heavy atom. The molecule has 2 unspecified atom stereocenters. The number of hydrogen-bond donors (Lipinski definition) is 3. The predicted octanol–water partition coefficient (Wildman–Crippen LogP) is 7.94. The van der Waals surface area contributed by atoms with Crippen molar-refractivity contribution in [3.8, 4) is 11.5 Å². The number of guanidine groups is 2. The van der Waals surface area contributed by atoms with Crippen LogP contribution in [0.1, 0.15) is 40.5 Å². The van der Waals surface area contributed by atoms with E-state index in [0.717, 1.165) is 12.8 Å². The Kier molecular flexibility index (Phi) is 24.0. The Morgan fingerprint density at radius 1 is 0.833 bits per heavy atom. The average molecular weight is 1070 g/mol. The highest BCUT2D eigenvalue weighted by Gasteiger charge is 2.27. The van der Waals surface area contributed by atoms with Crippen molar-refractivity contribution in [2.24, 2.45) is 32.0 Å². The van der Waals surface area contributed by atoms with Crippen LogP contribution in [0.2, 0.25) is 10.0 Å². The molecule has 0 amide bonds. The van der Waals surface area contributed by atoms with E-state index in [1.165, 1.54) is 48.5 Å². The van der Waals surface area contributed by atoms with Crippen molar-refractivity contribution in [1.82, 2.24) is 19.5 Å². The van der Waals surface area contributed by atoms with Crippen molar-refractivity contribution in [1.29, 1.82) is 0 Å². The van der Waals surface area contributed by atoms with Gasteiger partial charge in [0, 0.05) is 37.4 Å². The molecular weight excluding hydrogens is 1020 g/mol. The van der Waals surface area contributed by atoms with E-state index in [9.17, 15) is 21.9 Å². The molecule has 0 spiro atoms. The van der Waals surface area contributed by atoms with Crippen LogP contribution in [-0.4, -0.2) is 98.1 Å². The summed E-state index contributed by atoms with van der Waals surface area (Å²) in [5.41, 5.74) is 0. The summed E-state index contributed by atoms with van der Waals surface area (Å²) >= 11 is 30.6. The molecule has 2 heterocycles. The first-order valence-electron chi connectivity index (χ1n) is 16.1. The molecular formula is C30H42BBr3Cl4N8O6S2. The molecule has 302 valence electrons. The van der Waals surface area contributed by atoms with Crippen LogP contribution < -0.4 is 14.2 Å². The van der Waals surface area contributed by atoms with E-state index in [-0.39, 0.29) is 57.9 Å². The monoisotopic (exact) mass is 1060 g/mol. The zero-order valence-corrected chi connectivity index (χ0v) is 39.3. The number of hydrogen-bond acceptors (Lipinski definition) is 10. The van der Waals surface area contributed by atoms with Gasteiger partial charge < -0.3 is 9.84 Å². The smallest absolute Gasteiger partial charge is 0.369 e. The zero-order valence-electron chi connectivity index (χ0n) is 29.9. The van der Waals surface area contributed by atoms with Crippen molar-refractivity contribution in [2.45, 2.75) is 50.3 Å². The number of aliphatic imine (C=N–C) groups is 2.